The minimum Gasteiger partial charge on any atom is -0.354 e. The van der Waals surface area contributed by atoms with E-state index >= 15 is 0 Å². The highest BCUT2D eigenvalue weighted by molar-refractivity contribution is 5.87. The molecule has 2 aromatic rings. The van der Waals surface area contributed by atoms with Crippen molar-refractivity contribution in [2.45, 2.75) is 51.1 Å². The van der Waals surface area contributed by atoms with Crippen molar-refractivity contribution < 1.29 is 0 Å². The molecule has 0 aromatic carbocycles. The Morgan fingerprint density at radius 1 is 1.13 bits per heavy atom. The Balaban J connectivity index is 1.75. The van der Waals surface area contributed by atoms with E-state index in [0.717, 1.165) is 54.6 Å². The van der Waals surface area contributed by atoms with Crippen LogP contribution in [0, 0.1) is 0 Å². The Morgan fingerprint density at radius 3 is 2.78 bits per heavy atom. The summed E-state index contributed by atoms with van der Waals surface area (Å²) >= 11 is 0. The van der Waals surface area contributed by atoms with Gasteiger partial charge < -0.3 is 4.90 Å². The fourth-order valence-electron chi connectivity index (χ4n) is 4.13. The summed E-state index contributed by atoms with van der Waals surface area (Å²) in [5, 5.41) is 5.51. The van der Waals surface area contributed by atoms with Gasteiger partial charge in [-0.1, -0.05) is 6.92 Å². The van der Waals surface area contributed by atoms with E-state index in [2.05, 4.69) is 28.9 Å². The quantitative estimate of drug-likeness (QED) is 0.867. The molecule has 0 N–H and O–H groups in total. The molecule has 2 aliphatic heterocycles. The van der Waals surface area contributed by atoms with Gasteiger partial charge in [0, 0.05) is 38.6 Å². The van der Waals surface area contributed by atoms with Crippen LogP contribution in [0.25, 0.3) is 11.0 Å². The lowest BCUT2D eigenvalue weighted by Gasteiger charge is -2.27. The predicted octanol–water partition coefficient (Wildman–Crippen LogP) is 1.99. The van der Waals surface area contributed by atoms with Crippen LogP contribution in [0.1, 0.15) is 38.4 Å². The number of aromatic nitrogens is 4. The topological polar surface area (TPSA) is 50.1 Å². The third kappa shape index (κ3) is 2.49. The number of likely N-dealkylation sites (N-methyl/N-ethyl adjacent to an activating group) is 1. The third-order valence-electron chi connectivity index (χ3n) is 5.54. The Labute approximate surface area is 137 Å². The van der Waals surface area contributed by atoms with Crippen molar-refractivity contribution in [1.82, 2.24) is 24.6 Å². The molecule has 2 fully saturated rings. The molecule has 0 radical (unpaired) electrons. The second-order valence-corrected chi connectivity index (χ2v) is 7.00. The zero-order valence-corrected chi connectivity index (χ0v) is 14.4. The number of hydrogen-bond acceptors (Lipinski definition) is 5. The molecule has 124 valence electrons. The first-order chi connectivity index (χ1) is 11.2. The molecule has 6 nitrogen and oxygen atoms in total. The first-order valence-electron chi connectivity index (χ1n) is 8.83. The summed E-state index contributed by atoms with van der Waals surface area (Å²) in [7, 11) is 4.25. The van der Waals surface area contributed by atoms with Crippen molar-refractivity contribution in [1.29, 1.82) is 0 Å². The Bertz CT molecular complexity index is 708. The summed E-state index contributed by atoms with van der Waals surface area (Å²) in [6, 6.07) is 1.39. The number of aryl methyl sites for hydroxylation is 2. The van der Waals surface area contributed by atoms with Crippen LogP contribution in [0.3, 0.4) is 0 Å². The molecule has 0 amide bonds. The molecule has 2 saturated heterocycles. The van der Waals surface area contributed by atoms with Crippen molar-refractivity contribution in [3.05, 3.63) is 12.0 Å². The summed E-state index contributed by atoms with van der Waals surface area (Å²) in [6.07, 6.45) is 7.79. The van der Waals surface area contributed by atoms with E-state index in [1.807, 2.05) is 17.9 Å². The van der Waals surface area contributed by atoms with Crippen molar-refractivity contribution >= 4 is 16.9 Å². The van der Waals surface area contributed by atoms with Gasteiger partial charge in [0.05, 0.1) is 11.6 Å². The van der Waals surface area contributed by atoms with E-state index in [-0.39, 0.29) is 0 Å². The van der Waals surface area contributed by atoms with Crippen LogP contribution >= 0.6 is 0 Å². The average Bonchev–Trinajstić information content (AvgIpc) is 3.00. The summed E-state index contributed by atoms with van der Waals surface area (Å²) in [5.41, 5.74) is 0.959. The largest absolute Gasteiger partial charge is 0.354 e. The average molecular weight is 314 g/mol. The fraction of sp³-hybridized carbons (Fsp3) is 0.706. The summed E-state index contributed by atoms with van der Waals surface area (Å²) < 4.78 is 1.87. The van der Waals surface area contributed by atoms with Crippen LogP contribution in [-0.2, 0) is 13.5 Å². The first kappa shape index (κ1) is 14.9. The zero-order valence-electron chi connectivity index (χ0n) is 14.4. The molecule has 4 heterocycles. The van der Waals surface area contributed by atoms with Crippen LogP contribution in [0.2, 0.25) is 0 Å². The third-order valence-corrected chi connectivity index (χ3v) is 5.54. The van der Waals surface area contributed by atoms with Crippen LogP contribution < -0.4 is 4.90 Å². The van der Waals surface area contributed by atoms with Crippen molar-refractivity contribution in [3.8, 4) is 0 Å². The maximum atomic E-state index is 4.92. The van der Waals surface area contributed by atoms with E-state index in [1.54, 1.807) is 0 Å². The van der Waals surface area contributed by atoms with Gasteiger partial charge in [-0.15, -0.1) is 0 Å². The van der Waals surface area contributed by atoms with E-state index < -0.39 is 0 Å². The van der Waals surface area contributed by atoms with Crippen molar-refractivity contribution in [2.75, 3.05) is 25.0 Å². The van der Waals surface area contributed by atoms with E-state index in [0.29, 0.717) is 6.04 Å². The normalized spacial score (nSPS) is 25.3. The zero-order chi connectivity index (χ0) is 16.0. The molecule has 0 spiro atoms. The van der Waals surface area contributed by atoms with Crippen LogP contribution in [0.15, 0.2) is 6.20 Å². The number of rotatable bonds is 3. The van der Waals surface area contributed by atoms with E-state index in [1.165, 1.54) is 19.3 Å². The molecule has 0 saturated carbocycles. The molecule has 2 bridgehead atoms. The highest BCUT2D eigenvalue weighted by atomic mass is 15.3. The molecule has 2 aromatic heterocycles. The molecule has 2 aliphatic rings. The summed E-state index contributed by atoms with van der Waals surface area (Å²) in [5.74, 6) is 2.04. The highest BCUT2D eigenvalue weighted by Crippen LogP contribution is 2.32. The SMILES string of the molecule is CCCc1nc(N2CC[C@@H]3CC[C@H](C2)N3C)c2cnn(C)c2n1. The van der Waals surface area contributed by atoms with Crippen molar-refractivity contribution in [3.63, 3.8) is 0 Å². The maximum absolute atomic E-state index is 4.92. The molecule has 2 atom stereocenters. The summed E-state index contributed by atoms with van der Waals surface area (Å²) in [4.78, 5) is 14.7. The molecule has 0 aliphatic carbocycles. The van der Waals surface area contributed by atoms with Gasteiger partial charge in [-0.25, -0.2) is 9.97 Å². The van der Waals surface area contributed by atoms with Crippen LogP contribution in [0.4, 0.5) is 5.82 Å². The highest BCUT2D eigenvalue weighted by Gasteiger charge is 2.35. The van der Waals surface area contributed by atoms with E-state index in [9.17, 15) is 0 Å². The monoisotopic (exact) mass is 314 g/mol. The predicted molar refractivity (Wildman–Crippen MR) is 91.7 cm³/mol. The van der Waals surface area contributed by atoms with Crippen molar-refractivity contribution in [2.24, 2.45) is 7.05 Å². The Hall–Kier alpha value is -1.69. The lowest BCUT2D eigenvalue weighted by Crippen LogP contribution is -2.37. The van der Waals surface area contributed by atoms with Gasteiger partial charge in [0.1, 0.15) is 11.6 Å². The maximum Gasteiger partial charge on any atom is 0.163 e. The lowest BCUT2D eigenvalue weighted by molar-refractivity contribution is 0.254. The second kappa shape index (κ2) is 5.74. The van der Waals surface area contributed by atoms with Gasteiger partial charge in [0.15, 0.2) is 5.65 Å². The van der Waals surface area contributed by atoms with E-state index in [4.69, 9.17) is 9.97 Å². The molecule has 0 unspecified atom stereocenters. The number of hydrogen-bond donors (Lipinski definition) is 0. The van der Waals surface area contributed by atoms with Gasteiger partial charge in [0.2, 0.25) is 0 Å². The first-order valence-corrected chi connectivity index (χ1v) is 8.83. The molecule has 23 heavy (non-hydrogen) atoms. The second-order valence-electron chi connectivity index (χ2n) is 7.00. The lowest BCUT2D eigenvalue weighted by atomic mass is 10.1. The minimum atomic E-state index is 0.652. The van der Waals surface area contributed by atoms with Gasteiger partial charge >= 0.3 is 0 Å². The fourth-order valence-corrected chi connectivity index (χ4v) is 4.13. The Morgan fingerprint density at radius 2 is 1.96 bits per heavy atom. The van der Waals surface area contributed by atoms with Gasteiger partial charge in [-0.2, -0.15) is 5.10 Å². The Kier molecular flexibility index (Phi) is 3.71. The van der Waals surface area contributed by atoms with Crippen LogP contribution in [-0.4, -0.2) is 56.9 Å². The van der Waals surface area contributed by atoms with Crippen LogP contribution in [0.5, 0.6) is 0 Å². The van der Waals surface area contributed by atoms with Gasteiger partial charge in [-0.3, -0.25) is 9.58 Å². The summed E-state index contributed by atoms with van der Waals surface area (Å²) in [6.45, 7) is 4.33. The number of anilines is 1. The van der Waals surface area contributed by atoms with Gasteiger partial charge in [0.25, 0.3) is 0 Å². The number of fused-ring (bicyclic) bond motifs is 3. The molecular weight excluding hydrogens is 288 g/mol. The minimum absolute atomic E-state index is 0.652. The number of nitrogens with zero attached hydrogens (tertiary/aromatic N) is 6. The van der Waals surface area contributed by atoms with Gasteiger partial charge in [-0.05, 0) is 32.7 Å². The smallest absolute Gasteiger partial charge is 0.163 e. The molecular formula is C17H26N6. The molecule has 4 rings (SSSR count). The molecule has 6 heteroatoms. The standard InChI is InChI=1S/C17H26N6/c1-4-5-15-19-16-14(10-18-22(16)3)17(20-15)23-9-8-12-6-7-13(11-23)21(12)2/h10,12-13H,4-9,11H2,1-3H3/t12-,13+/m0/s1.